The van der Waals surface area contributed by atoms with Crippen molar-refractivity contribution in [2.24, 2.45) is 0 Å². The zero-order valence-corrected chi connectivity index (χ0v) is 26.4. The second kappa shape index (κ2) is 13.4. The number of ether oxygens (including phenoxy) is 1. The van der Waals surface area contributed by atoms with E-state index in [4.69, 9.17) is 21.3 Å². The highest BCUT2D eigenvalue weighted by Gasteiger charge is 2.28. The van der Waals surface area contributed by atoms with Gasteiger partial charge in [0.15, 0.2) is 0 Å². The van der Waals surface area contributed by atoms with E-state index >= 15 is 0 Å². The molecule has 1 aliphatic heterocycles. The van der Waals surface area contributed by atoms with Gasteiger partial charge in [0, 0.05) is 47.2 Å². The fourth-order valence-electron chi connectivity index (χ4n) is 5.17. The summed E-state index contributed by atoms with van der Waals surface area (Å²) in [6.07, 6.45) is -0.756. The first-order valence-corrected chi connectivity index (χ1v) is 15.6. The first-order chi connectivity index (χ1) is 21.1. The molecule has 1 aliphatic rings. The Hall–Kier alpha value is -3.86. The van der Waals surface area contributed by atoms with Crippen LogP contribution in [0.25, 0.3) is 33.6 Å². The van der Waals surface area contributed by atoms with E-state index in [9.17, 15) is 18.4 Å². The summed E-state index contributed by atoms with van der Waals surface area (Å²) in [6.45, 7) is 9.71. The van der Waals surface area contributed by atoms with E-state index in [2.05, 4.69) is 5.32 Å². The number of pyridine rings is 1. The molecule has 0 unspecified atom stereocenters. The van der Waals surface area contributed by atoms with Crippen LogP contribution < -0.4 is 15.6 Å². The molecule has 11 heteroatoms. The Bertz CT molecular complexity index is 1760. The first kappa shape index (κ1) is 31.6. The minimum atomic E-state index is -2.57. The van der Waals surface area contributed by atoms with Crippen molar-refractivity contribution in [3.05, 3.63) is 91.7 Å². The third-order valence-corrected chi connectivity index (χ3v) is 8.32. The first-order valence-electron chi connectivity index (χ1n) is 14.3. The second-order valence-electron chi connectivity index (χ2n) is 10.8. The maximum Gasteiger partial charge on any atom is 0.266 e. The van der Waals surface area contributed by atoms with Gasteiger partial charge in [-0.05, 0) is 58.0 Å². The topological polar surface area (TPSA) is 76.5 Å². The van der Waals surface area contributed by atoms with Crippen LogP contribution in [0.4, 0.5) is 8.78 Å². The van der Waals surface area contributed by atoms with Crippen molar-refractivity contribution in [2.75, 3.05) is 26.2 Å². The standard InChI is InChI=1S/C33H33ClF2N4O3S/c1-5-43-29-11-10-23(34)15-28(29)40-27(14-19(2)3)24(32(41)39-13-12-37-20(4)17-39)16-25(33(40)42)31-38-26(18-44-31)21-6-8-22(9-7-21)30(35)36/h6-11,14-16,18,20,30,37H,5,12-13,17H2,1-4H3/t20-/m0/s1. The number of piperazine rings is 1. The third-order valence-electron chi connectivity index (χ3n) is 7.21. The molecule has 0 spiro atoms. The normalized spacial score (nSPS) is 15.0. The molecule has 44 heavy (non-hydrogen) atoms. The lowest BCUT2D eigenvalue weighted by Crippen LogP contribution is -2.51. The van der Waals surface area contributed by atoms with Crippen LogP contribution >= 0.6 is 22.9 Å². The molecule has 1 fully saturated rings. The number of carbonyl (C=O) groups excluding carboxylic acids is 1. The molecule has 0 bridgehead atoms. The summed E-state index contributed by atoms with van der Waals surface area (Å²) in [5.74, 6) is 0.230. The predicted octanol–water partition coefficient (Wildman–Crippen LogP) is 7.47. The molecule has 7 nitrogen and oxygen atoms in total. The molecule has 1 N–H and O–H groups in total. The monoisotopic (exact) mass is 638 g/mol. The molecule has 5 rings (SSSR count). The smallest absolute Gasteiger partial charge is 0.266 e. The number of benzene rings is 2. The number of thiazole rings is 1. The number of alkyl halides is 2. The molecule has 1 saturated heterocycles. The largest absolute Gasteiger partial charge is 0.492 e. The quantitative estimate of drug-likeness (QED) is 0.217. The van der Waals surface area contributed by atoms with Gasteiger partial charge in [-0.25, -0.2) is 13.8 Å². The molecule has 1 amide bonds. The fraction of sp³-hybridized carbons (Fsp3) is 0.303. The van der Waals surface area contributed by atoms with Gasteiger partial charge >= 0.3 is 0 Å². The van der Waals surface area contributed by atoms with Gasteiger partial charge < -0.3 is 15.0 Å². The number of aromatic nitrogens is 2. The molecular weight excluding hydrogens is 606 g/mol. The van der Waals surface area contributed by atoms with E-state index in [0.29, 0.717) is 70.2 Å². The lowest BCUT2D eigenvalue weighted by molar-refractivity contribution is 0.0708. The van der Waals surface area contributed by atoms with Gasteiger partial charge in [0.25, 0.3) is 17.9 Å². The van der Waals surface area contributed by atoms with Gasteiger partial charge in [-0.15, -0.1) is 11.3 Å². The van der Waals surface area contributed by atoms with Crippen molar-refractivity contribution in [1.29, 1.82) is 0 Å². The van der Waals surface area contributed by atoms with E-state index in [1.807, 2.05) is 33.8 Å². The lowest BCUT2D eigenvalue weighted by Gasteiger charge is -2.32. The molecule has 2 aromatic carbocycles. The Labute approximate surface area is 263 Å². The highest BCUT2D eigenvalue weighted by atomic mass is 35.5. The number of hydrogen-bond donors (Lipinski definition) is 1. The van der Waals surface area contributed by atoms with Crippen LogP contribution in [0, 0.1) is 0 Å². The summed E-state index contributed by atoms with van der Waals surface area (Å²) in [5, 5.41) is 5.92. The molecule has 0 radical (unpaired) electrons. The molecular formula is C33H33ClF2N4O3S. The summed E-state index contributed by atoms with van der Waals surface area (Å²) < 4.78 is 33.6. The third kappa shape index (κ3) is 6.62. The molecule has 2 aromatic heterocycles. The van der Waals surface area contributed by atoms with E-state index in [-0.39, 0.29) is 23.1 Å². The number of carbonyl (C=O) groups is 1. The van der Waals surface area contributed by atoms with Gasteiger partial charge in [0.05, 0.1) is 34.8 Å². The highest BCUT2D eigenvalue weighted by Crippen LogP contribution is 2.33. The number of hydrogen-bond acceptors (Lipinski definition) is 6. The number of amides is 1. The Morgan fingerprint density at radius 3 is 2.61 bits per heavy atom. The Kier molecular flexibility index (Phi) is 9.62. The van der Waals surface area contributed by atoms with Crippen LogP contribution in [0.5, 0.6) is 5.75 Å². The van der Waals surface area contributed by atoms with Gasteiger partial charge in [-0.3, -0.25) is 14.2 Å². The highest BCUT2D eigenvalue weighted by molar-refractivity contribution is 7.13. The Morgan fingerprint density at radius 1 is 1.20 bits per heavy atom. The summed E-state index contributed by atoms with van der Waals surface area (Å²) >= 11 is 7.69. The van der Waals surface area contributed by atoms with Gasteiger partial charge in [-0.2, -0.15) is 0 Å². The Morgan fingerprint density at radius 2 is 1.95 bits per heavy atom. The van der Waals surface area contributed by atoms with Crippen molar-refractivity contribution in [1.82, 2.24) is 19.8 Å². The lowest BCUT2D eigenvalue weighted by atomic mass is 10.0. The average Bonchev–Trinajstić information content (AvgIpc) is 3.48. The molecule has 230 valence electrons. The van der Waals surface area contributed by atoms with Crippen LogP contribution in [0.3, 0.4) is 0 Å². The maximum absolute atomic E-state index is 14.5. The van der Waals surface area contributed by atoms with Crippen molar-refractivity contribution in [3.8, 4) is 33.3 Å². The zero-order chi connectivity index (χ0) is 31.5. The summed E-state index contributed by atoms with van der Waals surface area (Å²) in [4.78, 5) is 35.2. The number of nitrogens with one attached hydrogen (secondary N) is 1. The van der Waals surface area contributed by atoms with Gasteiger partial charge in [-0.1, -0.05) is 41.4 Å². The SMILES string of the molecule is CCOc1ccc(Cl)cc1-n1c(C=C(C)C)c(C(=O)N2CCN[C@@H](C)C2)cc(-c2nc(-c3ccc(C(F)F)cc3)cs2)c1=O. The van der Waals surface area contributed by atoms with Gasteiger partial charge in [0.1, 0.15) is 10.8 Å². The van der Waals surface area contributed by atoms with Crippen LogP contribution in [0.15, 0.2) is 64.3 Å². The van der Waals surface area contributed by atoms with Gasteiger partial charge in [0.2, 0.25) is 0 Å². The van der Waals surface area contributed by atoms with E-state index in [0.717, 1.165) is 5.57 Å². The molecule has 4 aromatic rings. The average molecular weight is 639 g/mol. The molecule has 0 aliphatic carbocycles. The van der Waals surface area contributed by atoms with E-state index < -0.39 is 12.0 Å². The number of allylic oxidation sites excluding steroid dienone is 1. The van der Waals surface area contributed by atoms with Crippen LogP contribution in [0.2, 0.25) is 5.02 Å². The zero-order valence-electron chi connectivity index (χ0n) is 24.9. The van der Waals surface area contributed by atoms with Crippen LogP contribution in [-0.2, 0) is 0 Å². The Balaban J connectivity index is 1.76. The maximum atomic E-state index is 14.5. The second-order valence-corrected chi connectivity index (χ2v) is 12.1. The minimum Gasteiger partial charge on any atom is -0.492 e. The van der Waals surface area contributed by atoms with Crippen LogP contribution in [0.1, 0.15) is 55.7 Å². The van der Waals surface area contributed by atoms with E-state index in [1.165, 1.54) is 28.0 Å². The van der Waals surface area contributed by atoms with Crippen molar-refractivity contribution in [2.45, 2.75) is 40.2 Å². The summed E-state index contributed by atoms with van der Waals surface area (Å²) in [6, 6.07) is 12.7. The minimum absolute atomic E-state index is 0.0843. The predicted molar refractivity (Wildman–Crippen MR) is 172 cm³/mol. The fourth-order valence-corrected chi connectivity index (χ4v) is 6.17. The number of halogens is 3. The van der Waals surface area contributed by atoms with Crippen molar-refractivity contribution >= 4 is 34.9 Å². The molecule has 1 atom stereocenters. The summed E-state index contributed by atoms with van der Waals surface area (Å²) in [7, 11) is 0. The van der Waals surface area contributed by atoms with Crippen molar-refractivity contribution in [3.63, 3.8) is 0 Å². The number of rotatable bonds is 8. The molecule has 0 saturated carbocycles. The van der Waals surface area contributed by atoms with Crippen molar-refractivity contribution < 1.29 is 18.3 Å². The van der Waals surface area contributed by atoms with E-state index in [1.54, 1.807) is 46.7 Å². The number of nitrogens with zero attached hydrogens (tertiary/aromatic N) is 3. The summed E-state index contributed by atoms with van der Waals surface area (Å²) in [5.41, 5.74) is 2.96. The molecule has 3 heterocycles. The van der Waals surface area contributed by atoms with Crippen LogP contribution in [-0.4, -0.2) is 52.6 Å².